The number of rotatable bonds is 8. The molecule has 0 bridgehead atoms. The van der Waals surface area contributed by atoms with Gasteiger partial charge in [0.05, 0.1) is 5.69 Å². The topological polar surface area (TPSA) is 156 Å². The number of hydrogen-bond donors (Lipinski definition) is 4. The minimum atomic E-state index is -0.903. The number of carbonyl (C=O) groups excluding carboxylic acids is 1. The zero-order valence-corrected chi connectivity index (χ0v) is 18.8. The van der Waals surface area contributed by atoms with Crippen LogP contribution in [0.1, 0.15) is 42.7 Å². The maximum Gasteiger partial charge on any atom is 0.300 e. The monoisotopic (exact) mass is 452 g/mol. The minimum absolute atomic E-state index is 0.00689. The molecule has 1 aromatic heterocycles. The fourth-order valence-electron chi connectivity index (χ4n) is 2.85. The zero-order chi connectivity index (χ0) is 24.4. The average Bonchev–Trinajstić information content (AvgIpc) is 3.17. The van der Waals surface area contributed by atoms with Crippen LogP contribution in [0.5, 0.6) is 0 Å². The SMILES string of the molecule is CC(=O)O.CCOC(C(=O)NCc1ccc(C(=N)N)cc1)c1nc(C)n(-c2ccccc2)n1. The molecule has 0 saturated carbocycles. The Morgan fingerprint density at radius 1 is 1.18 bits per heavy atom. The lowest BCUT2D eigenvalue weighted by Gasteiger charge is -2.14. The smallest absolute Gasteiger partial charge is 0.300 e. The summed E-state index contributed by atoms with van der Waals surface area (Å²) in [5, 5.41) is 22.2. The number of hydrogen-bond acceptors (Lipinski definition) is 6. The van der Waals surface area contributed by atoms with Gasteiger partial charge in [0.15, 0.2) is 11.9 Å². The van der Waals surface area contributed by atoms with E-state index < -0.39 is 12.1 Å². The van der Waals surface area contributed by atoms with E-state index in [1.54, 1.807) is 16.8 Å². The predicted octanol–water partition coefficient (Wildman–Crippen LogP) is 2.34. The molecule has 1 atom stereocenters. The number of amidine groups is 1. The number of carbonyl (C=O) groups is 2. The van der Waals surface area contributed by atoms with Crippen molar-refractivity contribution in [2.45, 2.75) is 33.4 Å². The molecule has 174 valence electrons. The normalized spacial score (nSPS) is 11.1. The quantitative estimate of drug-likeness (QED) is 0.302. The van der Waals surface area contributed by atoms with Crippen LogP contribution in [-0.4, -0.2) is 44.2 Å². The predicted molar refractivity (Wildman–Crippen MR) is 123 cm³/mol. The molecule has 33 heavy (non-hydrogen) atoms. The molecule has 1 amide bonds. The Morgan fingerprint density at radius 2 is 1.79 bits per heavy atom. The van der Waals surface area contributed by atoms with E-state index >= 15 is 0 Å². The lowest BCUT2D eigenvalue weighted by Crippen LogP contribution is -2.31. The highest BCUT2D eigenvalue weighted by Gasteiger charge is 2.26. The fourth-order valence-corrected chi connectivity index (χ4v) is 2.85. The molecule has 1 heterocycles. The van der Waals surface area contributed by atoms with Crippen molar-refractivity contribution in [1.29, 1.82) is 5.41 Å². The Hall–Kier alpha value is -4.05. The van der Waals surface area contributed by atoms with Gasteiger partial charge in [0.25, 0.3) is 11.9 Å². The number of carboxylic acids is 1. The Balaban J connectivity index is 0.000000890. The second-order valence-corrected chi connectivity index (χ2v) is 6.95. The molecule has 0 aliphatic heterocycles. The maximum absolute atomic E-state index is 12.8. The van der Waals surface area contributed by atoms with Gasteiger partial charge in [0, 0.05) is 25.6 Å². The van der Waals surface area contributed by atoms with Gasteiger partial charge in [-0.3, -0.25) is 15.0 Å². The van der Waals surface area contributed by atoms with Crippen molar-refractivity contribution in [2.24, 2.45) is 5.73 Å². The summed E-state index contributed by atoms with van der Waals surface area (Å²) >= 11 is 0. The molecule has 1 unspecified atom stereocenters. The van der Waals surface area contributed by atoms with Crippen LogP contribution in [0.4, 0.5) is 0 Å². The van der Waals surface area contributed by atoms with E-state index in [9.17, 15) is 4.79 Å². The van der Waals surface area contributed by atoms with E-state index in [1.807, 2.05) is 56.3 Å². The third kappa shape index (κ3) is 7.54. The van der Waals surface area contributed by atoms with E-state index in [4.69, 9.17) is 25.8 Å². The average molecular weight is 453 g/mol. The Kier molecular flexibility index (Phi) is 9.25. The highest BCUT2D eigenvalue weighted by molar-refractivity contribution is 5.94. The third-order valence-electron chi connectivity index (χ3n) is 4.32. The summed E-state index contributed by atoms with van der Waals surface area (Å²) in [7, 11) is 0. The number of nitrogens with two attached hydrogens (primary N) is 1. The van der Waals surface area contributed by atoms with Crippen LogP contribution in [-0.2, 0) is 20.9 Å². The van der Waals surface area contributed by atoms with E-state index in [1.165, 1.54) is 0 Å². The molecule has 3 rings (SSSR count). The first-order valence-electron chi connectivity index (χ1n) is 10.2. The fraction of sp³-hybridized carbons (Fsp3) is 0.261. The summed E-state index contributed by atoms with van der Waals surface area (Å²) in [6.07, 6.45) is -0.903. The first-order valence-corrected chi connectivity index (χ1v) is 10.2. The van der Waals surface area contributed by atoms with E-state index in [2.05, 4.69) is 15.4 Å². The van der Waals surface area contributed by atoms with Gasteiger partial charge in [-0.15, -0.1) is 5.10 Å². The van der Waals surface area contributed by atoms with Gasteiger partial charge in [0.1, 0.15) is 11.7 Å². The molecular formula is C23H28N6O4. The van der Waals surface area contributed by atoms with Crippen molar-refractivity contribution < 1.29 is 19.4 Å². The molecule has 0 aliphatic carbocycles. The maximum atomic E-state index is 12.8. The van der Waals surface area contributed by atoms with Gasteiger partial charge in [-0.1, -0.05) is 42.5 Å². The molecule has 0 radical (unpaired) electrons. The first kappa shape index (κ1) is 25.2. The number of nitrogens with zero attached hydrogens (tertiary/aromatic N) is 3. The molecule has 0 spiro atoms. The number of nitrogen functional groups attached to an aromatic ring is 1. The standard InChI is InChI=1S/C21H24N6O2.C2H4O2/c1-3-29-18(20-25-14(2)27(26-20)17-7-5-4-6-8-17)21(28)24-13-15-9-11-16(12-10-15)19(22)23;1-2(3)4/h4-12,18H,3,13H2,1-2H3,(H3,22,23)(H,24,28);1H3,(H,3,4). The summed E-state index contributed by atoms with van der Waals surface area (Å²) in [4.78, 5) is 26.2. The van der Waals surface area contributed by atoms with Gasteiger partial charge in [-0.05, 0) is 31.5 Å². The van der Waals surface area contributed by atoms with Crippen LogP contribution in [0, 0.1) is 12.3 Å². The van der Waals surface area contributed by atoms with Crippen LogP contribution in [0.2, 0.25) is 0 Å². The Morgan fingerprint density at radius 3 is 2.33 bits per heavy atom. The highest BCUT2D eigenvalue weighted by atomic mass is 16.5. The number of nitrogens with one attached hydrogen (secondary N) is 2. The van der Waals surface area contributed by atoms with Crippen molar-refractivity contribution in [2.75, 3.05) is 6.61 Å². The van der Waals surface area contributed by atoms with Crippen molar-refractivity contribution in [3.63, 3.8) is 0 Å². The number of amides is 1. The molecule has 10 nitrogen and oxygen atoms in total. The van der Waals surface area contributed by atoms with Crippen LogP contribution in [0.3, 0.4) is 0 Å². The Bertz CT molecular complexity index is 1080. The number of carboxylic acid groups (broad SMARTS) is 1. The summed E-state index contributed by atoms with van der Waals surface area (Å²) in [5.74, 6) is -0.152. The Labute approximate surface area is 191 Å². The van der Waals surface area contributed by atoms with Crippen molar-refractivity contribution in [1.82, 2.24) is 20.1 Å². The number of aliphatic carboxylic acids is 1. The van der Waals surface area contributed by atoms with Gasteiger partial charge >= 0.3 is 0 Å². The lowest BCUT2D eigenvalue weighted by molar-refractivity contribution is -0.134. The van der Waals surface area contributed by atoms with E-state index in [-0.39, 0.29) is 11.7 Å². The lowest BCUT2D eigenvalue weighted by atomic mass is 10.1. The molecule has 10 heteroatoms. The number of ether oxygens (including phenoxy) is 1. The van der Waals surface area contributed by atoms with Crippen LogP contribution in [0.15, 0.2) is 54.6 Å². The largest absolute Gasteiger partial charge is 0.481 e. The van der Waals surface area contributed by atoms with Crippen LogP contribution >= 0.6 is 0 Å². The number of aromatic nitrogens is 3. The summed E-state index contributed by atoms with van der Waals surface area (Å²) in [6, 6.07) is 16.7. The summed E-state index contributed by atoms with van der Waals surface area (Å²) < 4.78 is 7.33. The molecule has 3 aromatic rings. The van der Waals surface area contributed by atoms with Crippen LogP contribution in [0.25, 0.3) is 5.69 Å². The van der Waals surface area contributed by atoms with E-state index in [0.717, 1.165) is 18.2 Å². The van der Waals surface area contributed by atoms with Gasteiger partial charge in [-0.2, -0.15) is 0 Å². The van der Waals surface area contributed by atoms with Crippen molar-refractivity contribution in [3.8, 4) is 5.69 Å². The third-order valence-corrected chi connectivity index (χ3v) is 4.32. The molecule has 2 aromatic carbocycles. The van der Waals surface area contributed by atoms with Crippen LogP contribution < -0.4 is 11.1 Å². The second-order valence-electron chi connectivity index (χ2n) is 6.95. The van der Waals surface area contributed by atoms with Crippen molar-refractivity contribution >= 4 is 17.7 Å². The zero-order valence-electron chi connectivity index (χ0n) is 18.8. The van der Waals surface area contributed by atoms with E-state index in [0.29, 0.717) is 30.4 Å². The first-order chi connectivity index (χ1) is 15.7. The summed E-state index contributed by atoms with van der Waals surface area (Å²) in [5.41, 5.74) is 7.85. The highest BCUT2D eigenvalue weighted by Crippen LogP contribution is 2.17. The van der Waals surface area contributed by atoms with Gasteiger partial charge in [-0.25, -0.2) is 9.67 Å². The van der Waals surface area contributed by atoms with Gasteiger partial charge in [0.2, 0.25) is 0 Å². The van der Waals surface area contributed by atoms with Gasteiger partial charge < -0.3 is 20.9 Å². The summed E-state index contributed by atoms with van der Waals surface area (Å²) in [6.45, 7) is 5.41. The number of benzene rings is 2. The molecule has 0 saturated heterocycles. The molecule has 0 fully saturated rings. The number of aryl methyl sites for hydroxylation is 1. The molecule has 0 aliphatic rings. The molecule has 5 N–H and O–H groups in total. The molecular weight excluding hydrogens is 424 g/mol. The second kappa shape index (κ2) is 12.1. The number of para-hydroxylation sites is 1. The van der Waals surface area contributed by atoms with Crippen molar-refractivity contribution in [3.05, 3.63) is 77.4 Å². The minimum Gasteiger partial charge on any atom is -0.481 e.